The lowest BCUT2D eigenvalue weighted by Crippen LogP contribution is -2.13. The van der Waals surface area contributed by atoms with Crippen LogP contribution in [0.3, 0.4) is 0 Å². The number of hydrogen-bond donors (Lipinski definition) is 2. The lowest BCUT2D eigenvalue weighted by atomic mass is 10.2. The van der Waals surface area contributed by atoms with Crippen LogP contribution in [0.15, 0.2) is 0 Å². The lowest BCUT2D eigenvalue weighted by molar-refractivity contribution is 0.134. The van der Waals surface area contributed by atoms with Crippen LogP contribution in [-0.2, 0) is 11.2 Å². The highest BCUT2D eigenvalue weighted by Gasteiger charge is 2.09. The van der Waals surface area contributed by atoms with Crippen LogP contribution in [0.1, 0.15) is 51.4 Å². The highest BCUT2D eigenvalue weighted by atomic mass is 16.5. The average Bonchev–Trinajstić information content (AvgIpc) is 2.50. The zero-order valence-corrected chi connectivity index (χ0v) is 14.0. The molecule has 0 saturated heterocycles. The molecule has 0 aromatic carbocycles. The highest BCUT2D eigenvalue weighted by Crippen LogP contribution is 2.20. The fourth-order valence-corrected chi connectivity index (χ4v) is 1.94. The molecule has 2 N–H and O–H groups in total. The Labute approximate surface area is 128 Å². The van der Waals surface area contributed by atoms with Gasteiger partial charge in [-0.1, -0.05) is 20.8 Å². The van der Waals surface area contributed by atoms with Gasteiger partial charge in [0, 0.05) is 38.3 Å². The Balaban J connectivity index is 2.58. The topological polar surface area (TPSA) is 59.1 Å². The summed E-state index contributed by atoms with van der Waals surface area (Å²) in [5, 5.41) is 6.79. The van der Waals surface area contributed by atoms with Crippen LogP contribution >= 0.6 is 0 Å². The summed E-state index contributed by atoms with van der Waals surface area (Å²) in [6.07, 6.45) is 3.99. The maximum absolute atomic E-state index is 5.49. The molecule has 0 aliphatic carbocycles. The van der Waals surface area contributed by atoms with Crippen molar-refractivity contribution in [2.24, 2.45) is 0 Å². The van der Waals surface area contributed by atoms with Crippen molar-refractivity contribution in [3.8, 4) is 0 Å². The predicted octanol–water partition coefficient (Wildman–Crippen LogP) is 3.40. The first-order chi connectivity index (χ1) is 10.2. The number of aromatic nitrogens is 2. The summed E-state index contributed by atoms with van der Waals surface area (Å²) in [5.41, 5.74) is 1.09. The SMILES string of the molecule is CCCNc1nc(CC)nc(NCCCOCCC)c1C. The number of ether oxygens (including phenoxy) is 1. The van der Waals surface area contributed by atoms with Crippen molar-refractivity contribution in [2.75, 3.05) is 36.9 Å². The second-order valence-electron chi connectivity index (χ2n) is 5.14. The van der Waals surface area contributed by atoms with Gasteiger partial charge in [-0.15, -0.1) is 0 Å². The van der Waals surface area contributed by atoms with E-state index in [2.05, 4.69) is 48.3 Å². The highest BCUT2D eigenvalue weighted by molar-refractivity contribution is 5.57. The van der Waals surface area contributed by atoms with E-state index in [0.717, 1.165) is 75.0 Å². The van der Waals surface area contributed by atoms with Crippen molar-refractivity contribution in [1.82, 2.24) is 9.97 Å². The Morgan fingerprint density at radius 3 is 2.14 bits per heavy atom. The van der Waals surface area contributed by atoms with Crippen LogP contribution in [-0.4, -0.2) is 36.3 Å². The van der Waals surface area contributed by atoms with E-state index in [-0.39, 0.29) is 0 Å². The molecule has 5 heteroatoms. The van der Waals surface area contributed by atoms with Gasteiger partial charge in [0.1, 0.15) is 17.5 Å². The van der Waals surface area contributed by atoms with Crippen molar-refractivity contribution in [2.45, 2.75) is 53.4 Å². The summed E-state index contributed by atoms with van der Waals surface area (Å²) in [5.74, 6) is 2.77. The van der Waals surface area contributed by atoms with Crippen molar-refractivity contribution in [1.29, 1.82) is 0 Å². The standard InChI is InChI=1S/C16H30N4O/c1-5-9-17-15-13(4)16(20-14(7-3)19-15)18-10-8-12-21-11-6-2/h5-12H2,1-4H3,(H2,17,18,19,20). The molecule has 5 nitrogen and oxygen atoms in total. The molecule has 120 valence electrons. The minimum absolute atomic E-state index is 0.798. The zero-order chi connectivity index (χ0) is 15.5. The van der Waals surface area contributed by atoms with Gasteiger partial charge in [-0.2, -0.15) is 0 Å². The molecule has 0 bridgehead atoms. The van der Waals surface area contributed by atoms with Crippen molar-refractivity contribution in [3.63, 3.8) is 0 Å². The van der Waals surface area contributed by atoms with Gasteiger partial charge in [0.15, 0.2) is 0 Å². The molecule has 0 amide bonds. The maximum Gasteiger partial charge on any atom is 0.134 e. The molecule has 0 radical (unpaired) electrons. The molecule has 0 fully saturated rings. The Morgan fingerprint density at radius 1 is 0.905 bits per heavy atom. The summed E-state index contributed by atoms with van der Waals surface area (Å²) in [6.45, 7) is 11.9. The Bertz CT molecular complexity index is 410. The summed E-state index contributed by atoms with van der Waals surface area (Å²) in [6, 6.07) is 0. The van der Waals surface area contributed by atoms with E-state index in [1.165, 1.54) is 0 Å². The van der Waals surface area contributed by atoms with E-state index in [9.17, 15) is 0 Å². The second kappa shape index (κ2) is 10.4. The smallest absolute Gasteiger partial charge is 0.134 e. The minimum atomic E-state index is 0.798. The zero-order valence-electron chi connectivity index (χ0n) is 14.0. The normalized spacial score (nSPS) is 10.7. The van der Waals surface area contributed by atoms with Crippen molar-refractivity contribution >= 4 is 11.6 Å². The average molecular weight is 294 g/mol. The first kappa shape index (κ1) is 17.7. The maximum atomic E-state index is 5.49. The van der Waals surface area contributed by atoms with E-state index in [1.54, 1.807) is 0 Å². The number of nitrogens with one attached hydrogen (secondary N) is 2. The van der Waals surface area contributed by atoms with E-state index < -0.39 is 0 Å². The summed E-state index contributed by atoms with van der Waals surface area (Å²) in [7, 11) is 0. The molecule has 1 aromatic heterocycles. The van der Waals surface area contributed by atoms with Gasteiger partial charge in [0.2, 0.25) is 0 Å². The van der Waals surface area contributed by atoms with Gasteiger partial charge in [0.05, 0.1) is 0 Å². The fourth-order valence-electron chi connectivity index (χ4n) is 1.94. The molecule has 21 heavy (non-hydrogen) atoms. The van der Waals surface area contributed by atoms with Crippen LogP contribution in [0.25, 0.3) is 0 Å². The Kier molecular flexibility index (Phi) is 8.74. The van der Waals surface area contributed by atoms with Gasteiger partial charge >= 0.3 is 0 Å². The van der Waals surface area contributed by atoms with Crippen LogP contribution < -0.4 is 10.6 Å². The largest absolute Gasteiger partial charge is 0.381 e. The molecular formula is C16H30N4O. The first-order valence-electron chi connectivity index (χ1n) is 8.15. The first-order valence-corrected chi connectivity index (χ1v) is 8.15. The summed E-state index contributed by atoms with van der Waals surface area (Å²) in [4.78, 5) is 9.16. The second-order valence-corrected chi connectivity index (χ2v) is 5.14. The molecule has 0 unspecified atom stereocenters. The van der Waals surface area contributed by atoms with Gasteiger partial charge < -0.3 is 15.4 Å². The third-order valence-corrected chi connectivity index (χ3v) is 3.16. The van der Waals surface area contributed by atoms with Crippen LogP contribution in [0.5, 0.6) is 0 Å². The van der Waals surface area contributed by atoms with Crippen molar-refractivity contribution < 1.29 is 4.74 Å². The quantitative estimate of drug-likeness (QED) is 0.613. The number of rotatable bonds is 11. The van der Waals surface area contributed by atoms with Gasteiger partial charge in [-0.05, 0) is 26.2 Å². The lowest BCUT2D eigenvalue weighted by Gasteiger charge is -2.14. The molecule has 0 atom stereocenters. The van der Waals surface area contributed by atoms with Gasteiger partial charge in [0.25, 0.3) is 0 Å². The minimum Gasteiger partial charge on any atom is -0.381 e. The van der Waals surface area contributed by atoms with Gasteiger partial charge in [-0.3, -0.25) is 0 Å². The fraction of sp³-hybridized carbons (Fsp3) is 0.750. The third-order valence-electron chi connectivity index (χ3n) is 3.16. The third kappa shape index (κ3) is 6.29. The van der Waals surface area contributed by atoms with Crippen LogP contribution in [0, 0.1) is 6.92 Å². The van der Waals surface area contributed by atoms with E-state index >= 15 is 0 Å². The van der Waals surface area contributed by atoms with Gasteiger partial charge in [-0.25, -0.2) is 9.97 Å². The van der Waals surface area contributed by atoms with Crippen LogP contribution in [0.2, 0.25) is 0 Å². The van der Waals surface area contributed by atoms with E-state index in [0.29, 0.717) is 0 Å². The molecule has 0 saturated carbocycles. The van der Waals surface area contributed by atoms with Crippen molar-refractivity contribution in [3.05, 3.63) is 11.4 Å². The number of anilines is 2. The summed E-state index contributed by atoms with van der Waals surface area (Å²) >= 11 is 0. The van der Waals surface area contributed by atoms with E-state index in [4.69, 9.17) is 4.74 Å². The molecular weight excluding hydrogens is 264 g/mol. The molecule has 1 heterocycles. The molecule has 0 spiro atoms. The molecule has 0 aliphatic rings. The predicted molar refractivity (Wildman–Crippen MR) is 89.1 cm³/mol. The molecule has 1 aromatic rings. The molecule has 0 aliphatic heterocycles. The van der Waals surface area contributed by atoms with E-state index in [1.807, 2.05) is 0 Å². The Hall–Kier alpha value is -1.36. The summed E-state index contributed by atoms with van der Waals surface area (Å²) < 4.78 is 5.49. The number of hydrogen-bond acceptors (Lipinski definition) is 5. The number of aryl methyl sites for hydroxylation is 1. The molecule has 1 rings (SSSR count). The number of nitrogens with zero attached hydrogens (tertiary/aromatic N) is 2. The monoisotopic (exact) mass is 294 g/mol. The Morgan fingerprint density at radius 2 is 1.57 bits per heavy atom. The van der Waals surface area contributed by atoms with Crippen LogP contribution in [0.4, 0.5) is 11.6 Å².